The number of hydrogen-bond donors (Lipinski definition) is 3. The van der Waals surface area contributed by atoms with Gasteiger partial charge in [-0.25, -0.2) is 0 Å². The predicted molar refractivity (Wildman–Crippen MR) is 119 cm³/mol. The van der Waals surface area contributed by atoms with Gasteiger partial charge in [-0.05, 0) is 53.4 Å². The van der Waals surface area contributed by atoms with Gasteiger partial charge in [-0.1, -0.05) is 31.2 Å². The number of nitrogens with one attached hydrogen (secondary N) is 3. The van der Waals surface area contributed by atoms with Crippen molar-refractivity contribution < 1.29 is 9.53 Å². The van der Waals surface area contributed by atoms with Crippen LogP contribution in [-0.2, 0) is 6.42 Å². The molecule has 5 nitrogen and oxygen atoms in total. The number of anilines is 1. The maximum Gasteiger partial charge on any atom is 0.251 e. The Morgan fingerprint density at radius 1 is 1.00 bits per heavy atom. The molecule has 0 saturated carbocycles. The Morgan fingerprint density at radius 3 is 2.45 bits per heavy atom. The lowest BCUT2D eigenvalue weighted by Crippen LogP contribution is -2.19. The lowest BCUT2D eigenvalue weighted by Gasteiger charge is -2.12. The van der Waals surface area contributed by atoms with Gasteiger partial charge in [-0.3, -0.25) is 4.79 Å². The molecule has 0 unspecified atom stereocenters. The minimum Gasteiger partial charge on any atom is -0.457 e. The third-order valence-electron chi connectivity index (χ3n) is 4.81. The molecule has 0 saturated heterocycles. The highest BCUT2D eigenvalue weighted by molar-refractivity contribution is 5.96. The van der Waals surface area contributed by atoms with E-state index in [0.29, 0.717) is 11.3 Å². The van der Waals surface area contributed by atoms with Crippen LogP contribution in [0.4, 0.5) is 5.69 Å². The average molecular weight is 387 g/mol. The topological polar surface area (TPSA) is 74.2 Å². The van der Waals surface area contributed by atoms with E-state index in [1.54, 1.807) is 7.05 Å². The molecule has 148 valence electrons. The first-order chi connectivity index (χ1) is 14.1. The molecule has 0 aromatic heterocycles. The first-order valence-corrected chi connectivity index (χ1v) is 9.55. The van der Waals surface area contributed by atoms with E-state index in [9.17, 15) is 4.79 Å². The van der Waals surface area contributed by atoms with Gasteiger partial charge >= 0.3 is 0 Å². The van der Waals surface area contributed by atoms with E-state index in [0.717, 1.165) is 40.1 Å². The zero-order valence-corrected chi connectivity index (χ0v) is 16.9. The first-order valence-electron chi connectivity index (χ1n) is 9.55. The number of benzene rings is 3. The fraction of sp³-hybridized carbons (Fsp3) is 0.167. The van der Waals surface area contributed by atoms with Crippen LogP contribution in [0.2, 0.25) is 0 Å². The van der Waals surface area contributed by atoms with E-state index in [2.05, 4.69) is 16.7 Å². The molecule has 0 heterocycles. The van der Waals surface area contributed by atoms with Crippen molar-refractivity contribution in [1.82, 2.24) is 5.32 Å². The van der Waals surface area contributed by atoms with Crippen molar-refractivity contribution in [3.05, 3.63) is 77.4 Å². The molecule has 29 heavy (non-hydrogen) atoms. The van der Waals surface area contributed by atoms with E-state index in [-0.39, 0.29) is 5.91 Å². The monoisotopic (exact) mass is 387 g/mol. The SMILES string of the molecule is CCc1cc(-c2cccc(Oc3ccc(C=N)c(NC)c3)c2)ccc1C(=O)NC. The van der Waals surface area contributed by atoms with Crippen LogP contribution in [0.1, 0.15) is 28.4 Å². The van der Waals surface area contributed by atoms with Gasteiger partial charge in [0.1, 0.15) is 11.5 Å². The Morgan fingerprint density at radius 2 is 1.76 bits per heavy atom. The van der Waals surface area contributed by atoms with Crippen molar-refractivity contribution in [2.24, 2.45) is 0 Å². The van der Waals surface area contributed by atoms with Crippen molar-refractivity contribution in [2.45, 2.75) is 13.3 Å². The Balaban J connectivity index is 1.90. The number of aryl methyl sites for hydroxylation is 1. The summed E-state index contributed by atoms with van der Waals surface area (Å²) in [6.07, 6.45) is 2.09. The third kappa shape index (κ3) is 4.46. The molecule has 3 N–H and O–H groups in total. The normalized spacial score (nSPS) is 10.3. The van der Waals surface area contributed by atoms with E-state index in [1.165, 1.54) is 6.21 Å². The molecule has 0 aliphatic carbocycles. The fourth-order valence-electron chi connectivity index (χ4n) is 3.24. The molecule has 0 fully saturated rings. The number of amides is 1. The lowest BCUT2D eigenvalue weighted by molar-refractivity contribution is 0.0962. The van der Waals surface area contributed by atoms with Crippen molar-refractivity contribution in [1.29, 1.82) is 5.41 Å². The number of carbonyl (C=O) groups is 1. The van der Waals surface area contributed by atoms with Crippen molar-refractivity contribution in [2.75, 3.05) is 19.4 Å². The zero-order chi connectivity index (χ0) is 20.8. The average Bonchev–Trinajstić information content (AvgIpc) is 2.78. The summed E-state index contributed by atoms with van der Waals surface area (Å²) in [6, 6.07) is 19.3. The van der Waals surface area contributed by atoms with Gasteiger partial charge in [0.25, 0.3) is 5.91 Å². The molecule has 0 atom stereocenters. The zero-order valence-electron chi connectivity index (χ0n) is 16.9. The molecule has 3 rings (SSSR count). The second kappa shape index (κ2) is 9.06. The number of ether oxygens (including phenoxy) is 1. The van der Waals surface area contributed by atoms with Crippen LogP contribution in [0, 0.1) is 5.41 Å². The second-order valence-corrected chi connectivity index (χ2v) is 6.58. The van der Waals surface area contributed by atoms with Gasteiger partial charge in [0.15, 0.2) is 0 Å². The summed E-state index contributed by atoms with van der Waals surface area (Å²) >= 11 is 0. The summed E-state index contributed by atoms with van der Waals surface area (Å²) in [6.45, 7) is 2.04. The molecule has 0 aliphatic heterocycles. The van der Waals surface area contributed by atoms with Gasteiger partial charge < -0.3 is 20.8 Å². The quantitative estimate of drug-likeness (QED) is 0.493. The van der Waals surface area contributed by atoms with Gasteiger partial charge in [0.2, 0.25) is 0 Å². The Bertz CT molecular complexity index is 1040. The number of carbonyl (C=O) groups excluding carboxylic acids is 1. The fourth-order valence-corrected chi connectivity index (χ4v) is 3.24. The van der Waals surface area contributed by atoms with Gasteiger partial charge in [0, 0.05) is 43.2 Å². The van der Waals surface area contributed by atoms with Crippen LogP contribution in [0.3, 0.4) is 0 Å². The molecular formula is C24H25N3O2. The standard InChI is InChI=1S/C24H25N3O2/c1-4-16-12-18(9-11-22(16)24(28)27-3)17-6-5-7-20(13-17)29-21-10-8-19(15-25)23(14-21)26-2/h5-15,25-26H,4H2,1-3H3,(H,27,28). The van der Waals surface area contributed by atoms with Crippen molar-refractivity contribution in [3.63, 3.8) is 0 Å². The molecule has 0 aliphatic rings. The van der Waals surface area contributed by atoms with Crippen molar-refractivity contribution >= 4 is 17.8 Å². The summed E-state index contributed by atoms with van der Waals surface area (Å²) in [4.78, 5) is 12.0. The lowest BCUT2D eigenvalue weighted by atomic mass is 9.97. The van der Waals surface area contributed by atoms with Gasteiger partial charge in [0.05, 0.1) is 0 Å². The summed E-state index contributed by atoms with van der Waals surface area (Å²) in [5.41, 5.74) is 5.41. The van der Waals surface area contributed by atoms with Crippen molar-refractivity contribution in [3.8, 4) is 22.6 Å². The minimum absolute atomic E-state index is 0.0702. The molecule has 3 aromatic rings. The maximum absolute atomic E-state index is 12.0. The Kier molecular flexibility index (Phi) is 6.29. The maximum atomic E-state index is 12.0. The first kappa shape index (κ1) is 20.1. The molecule has 0 radical (unpaired) electrons. The van der Waals surface area contributed by atoms with Gasteiger partial charge in [-0.2, -0.15) is 0 Å². The van der Waals surface area contributed by atoms with Crippen LogP contribution in [0.25, 0.3) is 11.1 Å². The Labute approximate surface area is 171 Å². The number of hydrogen-bond acceptors (Lipinski definition) is 4. The molecule has 1 amide bonds. The summed E-state index contributed by atoms with van der Waals surface area (Å²) in [5.74, 6) is 1.35. The van der Waals surface area contributed by atoms with E-state index < -0.39 is 0 Å². The van der Waals surface area contributed by atoms with Crippen LogP contribution in [-0.4, -0.2) is 26.2 Å². The molecule has 5 heteroatoms. The molecule has 0 spiro atoms. The number of rotatable bonds is 7. The predicted octanol–water partition coefficient (Wildman–Crippen LogP) is 5.11. The summed E-state index contributed by atoms with van der Waals surface area (Å²) < 4.78 is 6.04. The van der Waals surface area contributed by atoms with Crippen LogP contribution in [0.5, 0.6) is 11.5 Å². The molecular weight excluding hydrogens is 362 g/mol. The second-order valence-electron chi connectivity index (χ2n) is 6.58. The van der Waals surface area contributed by atoms with E-state index >= 15 is 0 Å². The van der Waals surface area contributed by atoms with Crippen LogP contribution in [0.15, 0.2) is 60.7 Å². The highest BCUT2D eigenvalue weighted by Gasteiger charge is 2.11. The molecule has 0 bridgehead atoms. The largest absolute Gasteiger partial charge is 0.457 e. The van der Waals surface area contributed by atoms with Gasteiger partial charge in [-0.15, -0.1) is 0 Å². The highest BCUT2D eigenvalue weighted by atomic mass is 16.5. The smallest absolute Gasteiger partial charge is 0.251 e. The van der Waals surface area contributed by atoms with Crippen LogP contribution >= 0.6 is 0 Å². The van der Waals surface area contributed by atoms with Crippen LogP contribution < -0.4 is 15.4 Å². The Hall–Kier alpha value is -3.60. The minimum atomic E-state index is -0.0702. The molecule has 3 aromatic carbocycles. The van der Waals surface area contributed by atoms with E-state index in [1.807, 2.05) is 68.6 Å². The summed E-state index contributed by atoms with van der Waals surface area (Å²) in [7, 11) is 3.46. The summed E-state index contributed by atoms with van der Waals surface area (Å²) in [5, 5.41) is 13.2. The highest BCUT2D eigenvalue weighted by Crippen LogP contribution is 2.30. The van der Waals surface area contributed by atoms with E-state index in [4.69, 9.17) is 10.1 Å². The third-order valence-corrected chi connectivity index (χ3v) is 4.81.